The van der Waals surface area contributed by atoms with Gasteiger partial charge in [0.1, 0.15) is 6.17 Å². The van der Waals surface area contributed by atoms with Gasteiger partial charge < -0.3 is 24.8 Å². The van der Waals surface area contributed by atoms with Gasteiger partial charge in [0.15, 0.2) is 0 Å². The number of hydrogen-bond donors (Lipinski definition) is 2. The van der Waals surface area contributed by atoms with E-state index in [0.717, 1.165) is 6.54 Å². The van der Waals surface area contributed by atoms with Crippen LogP contribution in [-0.4, -0.2) is 71.9 Å². The zero-order valence-corrected chi connectivity index (χ0v) is 15.7. The highest BCUT2D eigenvalue weighted by atomic mass is 19.1. The Morgan fingerprint density at radius 1 is 0.957 bits per heavy atom. The van der Waals surface area contributed by atoms with Crippen LogP contribution in [-0.2, 0) is 19.0 Å². The lowest BCUT2D eigenvalue weighted by atomic mass is 10.4. The van der Waals surface area contributed by atoms with Crippen LogP contribution in [0.1, 0.15) is 34.6 Å². The molecule has 142 valence electrons. The van der Waals surface area contributed by atoms with Crippen molar-refractivity contribution in [1.29, 1.82) is 0 Å². The smallest absolute Gasteiger partial charge is 0.216 e. The summed E-state index contributed by atoms with van der Waals surface area (Å²) in [6.45, 7) is 12.5. The van der Waals surface area contributed by atoms with Crippen LogP contribution in [0.2, 0.25) is 0 Å². The van der Waals surface area contributed by atoms with Crippen molar-refractivity contribution in [2.24, 2.45) is 0 Å². The third-order valence-corrected chi connectivity index (χ3v) is 2.11. The first-order chi connectivity index (χ1) is 11.2. The van der Waals surface area contributed by atoms with Crippen LogP contribution >= 0.6 is 0 Å². The van der Waals surface area contributed by atoms with Gasteiger partial charge in [-0.05, 0) is 7.05 Å². The first-order valence-corrected chi connectivity index (χ1v) is 8.43. The van der Waals surface area contributed by atoms with E-state index >= 15 is 0 Å². The number of halogens is 1. The van der Waals surface area contributed by atoms with Crippen molar-refractivity contribution in [2.45, 2.75) is 40.8 Å². The minimum atomic E-state index is -1.19. The molecule has 6 nitrogen and oxygen atoms in total. The molecule has 0 saturated carbocycles. The Hall–Kier alpha value is -0.760. The molecule has 1 atom stereocenters. The minimum Gasteiger partial charge on any atom is -0.378 e. The Bertz CT molecular complexity index is 222. The molecule has 1 amide bonds. The van der Waals surface area contributed by atoms with Crippen LogP contribution in [0.4, 0.5) is 4.39 Å². The minimum absolute atomic E-state index is 0.0184. The number of hydrogen-bond acceptors (Lipinski definition) is 5. The maximum atomic E-state index is 13.1. The summed E-state index contributed by atoms with van der Waals surface area (Å²) >= 11 is 0. The lowest BCUT2D eigenvalue weighted by Crippen LogP contribution is -2.30. The molecule has 0 aromatic heterocycles. The molecule has 0 saturated heterocycles. The molecule has 0 bridgehead atoms. The van der Waals surface area contributed by atoms with Crippen molar-refractivity contribution < 1.29 is 23.4 Å². The van der Waals surface area contributed by atoms with Crippen molar-refractivity contribution in [3.05, 3.63) is 0 Å². The van der Waals surface area contributed by atoms with Gasteiger partial charge in [-0.3, -0.25) is 4.79 Å². The quantitative estimate of drug-likeness (QED) is 0.500. The molecule has 0 radical (unpaired) electrons. The molecule has 0 spiro atoms. The summed E-state index contributed by atoms with van der Waals surface area (Å²) in [5, 5.41) is 5.35. The Morgan fingerprint density at radius 3 is 1.91 bits per heavy atom. The monoisotopic (exact) mass is 340 g/mol. The van der Waals surface area contributed by atoms with Gasteiger partial charge in [0.05, 0.1) is 46.2 Å². The number of likely N-dealkylation sites (N-methyl/N-ethyl adjacent to an activating group) is 1. The molecule has 0 aromatic rings. The maximum absolute atomic E-state index is 13.1. The number of ether oxygens (including phenoxy) is 3. The fourth-order valence-electron chi connectivity index (χ4n) is 1.14. The highest BCUT2D eigenvalue weighted by Crippen LogP contribution is 1.91. The summed E-state index contributed by atoms with van der Waals surface area (Å²) in [6, 6.07) is 0. The third-order valence-electron chi connectivity index (χ3n) is 2.11. The number of amides is 1. The van der Waals surface area contributed by atoms with E-state index in [9.17, 15) is 9.18 Å². The van der Waals surface area contributed by atoms with Crippen LogP contribution < -0.4 is 10.6 Å². The van der Waals surface area contributed by atoms with Gasteiger partial charge in [0, 0.05) is 13.5 Å². The van der Waals surface area contributed by atoms with Crippen LogP contribution in [0, 0.1) is 0 Å². The number of rotatable bonds is 13. The van der Waals surface area contributed by atoms with Crippen LogP contribution in [0.25, 0.3) is 0 Å². The Balaban J connectivity index is -0.000000919. The van der Waals surface area contributed by atoms with Crippen LogP contribution in [0.5, 0.6) is 0 Å². The molecule has 0 fully saturated rings. The van der Waals surface area contributed by atoms with E-state index in [-0.39, 0.29) is 19.1 Å². The molecule has 0 aromatic carbocycles. The Morgan fingerprint density at radius 2 is 1.43 bits per heavy atom. The van der Waals surface area contributed by atoms with E-state index < -0.39 is 6.17 Å². The molecule has 0 aliphatic heterocycles. The van der Waals surface area contributed by atoms with Gasteiger partial charge in [-0.1, -0.05) is 27.7 Å². The largest absolute Gasteiger partial charge is 0.378 e. The topological polar surface area (TPSA) is 68.8 Å². The Kier molecular flexibility index (Phi) is 30.8. The van der Waals surface area contributed by atoms with Gasteiger partial charge in [0.2, 0.25) is 5.91 Å². The van der Waals surface area contributed by atoms with E-state index in [0.29, 0.717) is 33.0 Å². The van der Waals surface area contributed by atoms with Gasteiger partial charge in [-0.25, -0.2) is 4.39 Å². The van der Waals surface area contributed by atoms with Crippen molar-refractivity contribution in [1.82, 2.24) is 10.6 Å². The molecular weight excluding hydrogens is 303 g/mol. The van der Waals surface area contributed by atoms with Gasteiger partial charge in [-0.15, -0.1) is 0 Å². The lowest BCUT2D eigenvalue weighted by molar-refractivity contribution is -0.119. The standard InChI is InChI=1S/C12H25FN2O4.2C2H6/c1-11(16)15-9-12(13)10-19-8-7-18-6-5-17-4-3-14-2;2*1-2/h12,14H,3-10H2,1-2H3,(H,15,16);2*1-2H3. The number of carbonyl (C=O) groups excluding carboxylic acids is 1. The average molecular weight is 340 g/mol. The maximum Gasteiger partial charge on any atom is 0.216 e. The van der Waals surface area contributed by atoms with Crippen molar-refractivity contribution >= 4 is 5.91 Å². The normalized spacial score (nSPS) is 10.7. The molecule has 1 unspecified atom stereocenters. The fraction of sp³-hybridized carbons (Fsp3) is 0.938. The third kappa shape index (κ3) is 29.8. The van der Waals surface area contributed by atoms with Gasteiger partial charge in [0.25, 0.3) is 0 Å². The number of carbonyl (C=O) groups is 1. The lowest BCUT2D eigenvalue weighted by Gasteiger charge is -2.10. The molecule has 0 heterocycles. The summed E-state index contributed by atoms with van der Waals surface area (Å²) in [4.78, 5) is 10.5. The van der Waals surface area contributed by atoms with Crippen molar-refractivity contribution in [3.8, 4) is 0 Å². The second kappa shape index (κ2) is 26.2. The predicted octanol–water partition coefficient (Wildman–Crippen LogP) is 1.78. The van der Waals surface area contributed by atoms with Crippen molar-refractivity contribution in [3.63, 3.8) is 0 Å². The highest BCUT2D eigenvalue weighted by Gasteiger charge is 2.06. The summed E-state index contributed by atoms with van der Waals surface area (Å²) in [5.41, 5.74) is 0. The molecular formula is C16H37FN2O4. The highest BCUT2D eigenvalue weighted by molar-refractivity contribution is 5.72. The molecule has 2 N–H and O–H groups in total. The molecule has 0 aliphatic carbocycles. The fourth-order valence-corrected chi connectivity index (χ4v) is 1.14. The second-order valence-corrected chi connectivity index (χ2v) is 3.94. The zero-order chi connectivity index (χ0) is 18.3. The molecule has 23 heavy (non-hydrogen) atoms. The molecule has 7 heteroatoms. The summed E-state index contributed by atoms with van der Waals surface area (Å²) < 4.78 is 28.7. The van der Waals surface area contributed by atoms with E-state index in [2.05, 4.69) is 10.6 Å². The number of nitrogens with one attached hydrogen (secondary N) is 2. The number of alkyl halides is 1. The summed E-state index contributed by atoms with van der Waals surface area (Å²) in [7, 11) is 1.86. The van der Waals surface area contributed by atoms with Gasteiger partial charge in [-0.2, -0.15) is 0 Å². The SMILES string of the molecule is CC.CC.CNCCOCCOCCOCC(F)CNC(C)=O. The molecule has 0 aliphatic rings. The van der Waals surface area contributed by atoms with E-state index in [1.807, 2.05) is 34.7 Å². The van der Waals surface area contributed by atoms with E-state index in [4.69, 9.17) is 14.2 Å². The first kappa shape index (κ1) is 27.1. The van der Waals surface area contributed by atoms with Crippen LogP contribution in [0.3, 0.4) is 0 Å². The first-order valence-electron chi connectivity index (χ1n) is 8.43. The van der Waals surface area contributed by atoms with Crippen LogP contribution in [0.15, 0.2) is 0 Å². The second-order valence-electron chi connectivity index (χ2n) is 3.94. The zero-order valence-electron chi connectivity index (χ0n) is 15.7. The predicted molar refractivity (Wildman–Crippen MR) is 92.7 cm³/mol. The van der Waals surface area contributed by atoms with Gasteiger partial charge >= 0.3 is 0 Å². The Labute approximate surface area is 141 Å². The van der Waals surface area contributed by atoms with E-state index in [1.54, 1.807) is 0 Å². The summed E-state index contributed by atoms with van der Waals surface area (Å²) in [6.07, 6.45) is -1.19. The average Bonchev–Trinajstić information content (AvgIpc) is 2.58. The molecule has 0 rings (SSSR count). The summed E-state index contributed by atoms with van der Waals surface area (Å²) in [5.74, 6) is -0.246. The van der Waals surface area contributed by atoms with Crippen molar-refractivity contribution in [2.75, 3.05) is 59.8 Å². The van der Waals surface area contributed by atoms with E-state index in [1.165, 1.54) is 6.92 Å².